The van der Waals surface area contributed by atoms with Crippen LogP contribution < -0.4 is 0 Å². The molecule has 4 aromatic rings. The third kappa shape index (κ3) is 8.37. The first-order chi connectivity index (χ1) is 22.9. The maximum absolute atomic E-state index is 13.5. The van der Waals surface area contributed by atoms with Crippen molar-refractivity contribution in [2.45, 2.75) is 36.8 Å². The topological polar surface area (TPSA) is 132 Å². The van der Waals surface area contributed by atoms with Gasteiger partial charge in [0.25, 0.3) is 0 Å². The summed E-state index contributed by atoms with van der Waals surface area (Å²) in [5, 5.41) is 0. The predicted octanol–water partition coefficient (Wildman–Crippen LogP) is 5.01. The van der Waals surface area contributed by atoms with Crippen molar-refractivity contribution in [1.82, 2.24) is 0 Å². The number of carbonyl (C=O) groups excluding carboxylic acids is 4. The molecule has 10 nitrogen and oxygen atoms in total. The van der Waals surface area contributed by atoms with Gasteiger partial charge < -0.3 is 23.7 Å². The summed E-state index contributed by atoms with van der Waals surface area (Å²) in [6, 6.07) is 32.4. The molecule has 0 radical (unpaired) electrons. The normalized spacial score (nSPS) is 21.1. The lowest BCUT2D eigenvalue weighted by Gasteiger charge is -2.44. The Morgan fingerprint density at radius 3 is 1.32 bits per heavy atom. The number of ether oxygens (including phenoxy) is 5. The molecule has 0 unspecified atom stereocenters. The Hall–Kier alpha value is -5.13. The zero-order valence-corrected chi connectivity index (χ0v) is 26.2. The average Bonchev–Trinajstić information content (AvgIpc) is 3.13. The highest BCUT2D eigenvalue weighted by molar-refractivity contribution is 7.85. The average molecular weight is 657 g/mol. The van der Waals surface area contributed by atoms with Crippen LogP contribution in [-0.2, 0) is 34.5 Å². The van der Waals surface area contributed by atoms with E-state index in [1.165, 1.54) is 36.4 Å². The summed E-state index contributed by atoms with van der Waals surface area (Å²) in [7, 11) is -1.80. The molecule has 1 fully saturated rings. The van der Waals surface area contributed by atoms with Crippen LogP contribution in [0, 0.1) is 0 Å². The molecule has 4 aromatic carbocycles. The number of rotatable bonds is 11. The highest BCUT2D eigenvalue weighted by atomic mass is 32.2. The van der Waals surface area contributed by atoms with Gasteiger partial charge in [0.2, 0.25) is 0 Å². The Bertz CT molecular complexity index is 1680. The van der Waals surface area contributed by atoms with Gasteiger partial charge in [-0.15, -0.1) is 0 Å². The highest BCUT2D eigenvalue weighted by Gasteiger charge is 2.54. The minimum Gasteiger partial charge on any atom is -0.459 e. The summed E-state index contributed by atoms with van der Waals surface area (Å²) in [5.74, 6) is -3.04. The number of carbonyl (C=O) groups is 4. The SMILES string of the molecule is CC[S@@](=O)[C@@H]1O[C@H](COC(=O)c2ccccc2)[C@H](OC(=O)c2ccccc2)[C@H](OC(=O)c2ccccc2)[C@H]1OC(=O)c1ccccc1. The van der Waals surface area contributed by atoms with Crippen LogP contribution >= 0.6 is 0 Å². The minimum atomic E-state index is -1.80. The van der Waals surface area contributed by atoms with Gasteiger partial charge in [-0.2, -0.15) is 0 Å². The lowest BCUT2D eigenvalue weighted by atomic mass is 9.98. The van der Waals surface area contributed by atoms with Crippen molar-refractivity contribution >= 4 is 34.7 Å². The van der Waals surface area contributed by atoms with Gasteiger partial charge in [-0.05, 0) is 48.5 Å². The molecule has 0 aliphatic carbocycles. The molecule has 0 aromatic heterocycles. The fourth-order valence-corrected chi connectivity index (χ4v) is 6.01. The molecule has 0 N–H and O–H groups in total. The van der Waals surface area contributed by atoms with E-state index in [4.69, 9.17) is 23.7 Å². The van der Waals surface area contributed by atoms with Crippen molar-refractivity contribution < 1.29 is 47.1 Å². The Morgan fingerprint density at radius 2 is 0.915 bits per heavy atom. The quantitative estimate of drug-likeness (QED) is 0.160. The molecule has 0 amide bonds. The second kappa shape index (κ2) is 15.9. The lowest BCUT2D eigenvalue weighted by Crippen LogP contribution is -2.63. The first kappa shape index (κ1) is 33.2. The van der Waals surface area contributed by atoms with E-state index in [2.05, 4.69) is 0 Å². The summed E-state index contributed by atoms with van der Waals surface area (Å²) in [4.78, 5) is 53.3. The van der Waals surface area contributed by atoms with Gasteiger partial charge in [0.1, 0.15) is 12.7 Å². The zero-order valence-electron chi connectivity index (χ0n) is 25.3. The van der Waals surface area contributed by atoms with E-state index >= 15 is 0 Å². The molecule has 5 rings (SSSR count). The molecule has 6 atom stereocenters. The van der Waals surface area contributed by atoms with Crippen molar-refractivity contribution in [3.8, 4) is 0 Å². The van der Waals surface area contributed by atoms with Crippen molar-refractivity contribution in [1.29, 1.82) is 0 Å². The monoisotopic (exact) mass is 656 g/mol. The maximum Gasteiger partial charge on any atom is 0.338 e. The number of hydrogen-bond acceptors (Lipinski definition) is 10. The Kier molecular flexibility index (Phi) is 11.3. The molecule has 1 heterocycles. The van der Waals surface area contributed by atoms with Crippen molar-refractivity contribution in [3.63, 3.8) is 0 Å². The number of benzene rings is 4. The third-order valence-corrected chi connectivity index (χ3v) is 8.75. The molecule has 0 saturated carbocycles. The Labute approximate surface area is 274 Å². The van der Waals surface area contributed by atoms with E-state index in [1.54, 1.807) is 91.9 Å². The summed E-state index contributed by atoms with van der Waals surface area (Å²) in [6.07, 6.45) is -5.78. The maximum atomic E-state index is 13.5. The zero-order chi connectivity index (χ0) is 33.2. The van der Waals surface area contributed by atoms with Crippen molar-refractivity contribution in [2.24, 2.45) is 0 Å². The van der Waals surface area contributed by atoms with Gasteiger partial charge in [-0.3, -0.25) is 4.21 Å². The molecule has 47 heavy (non-hydrogen) atoms. The largest absolute Gasteiger partial charge is 0.459 e. The van der Waals surface area contributed by atoms with E-state index in [0.29, 0.717) is 0 Å². The molecule has 1 aliphatic rings. The molecule has 0 bridgehead atoms. The molecule has 1 aliphatic heterocycles. The Balaban J connectivity index is 1.55. The minimum absolute atomic E-state index is 0.0778. The molecular formula is C36H32O10S. The molecular weight excluding hydrogens is 624 g/mol. The van der Waals surface area contributed by atoms with Gasteiger partial charge in [-0.1, -0.05) is 79.7 Å². The van der Waals surface area contributed by atoms with Gasteiger partial charge in [0.05, 0.1) is 33.1 Å². The van der Waals surface area contributed by atoms with E-state index in [-0.39, 0.29) is 28.0 Å². The second-order valence-corrected chi connectivity index (χ2v) is 12.2. The van der Waals surface area contributed by atoms with Crippen LogP contribution in [0.1, 0.15) is 48.4 Å². The third-order valence-electron chi connectivity index (χ3n) is 7.28. The van der Waals surface area contributed by atoms with Crippen LogP contribution in [0.5, 0.6) is 0 Å². The fraction of sp³-hybridized carbons (Fsp3) is 0.222. The Morgan fingerprint density at radius 1 is 0.553 bits per heavy atom. The van der Waals surface area contributed by atoms with Crippen LogP contribution in [0.15, 0.2) is 121 Å². The number of hydrogen-bond donors (Lipinski definition) is 0. The predicted molar refractivity (Wildman–Crippen MR) is 171 cm³/mol. The van der Waals surface area contributed by atoms with Crippen molar-refractivity contribution in [3.05, 3.63) is 144 Å². The van der Waals surface area contributed by atoms with Gasteiger partial charge >= 0.3 is 23.9 Å². The first-order valence-electron chi connectivity index (χ1n) is 14.9. The lowest BCUT2D eigenvalue weighted by molar-refractivity contribution is -0.208. The van der Waals surface area contributed by atoms with Crippen molar-refractivity contribution in [2.75, 3.05) is 12.4 Å². The second-order valence-electron chi connectivity index (χ2n) is 10.4. The van der Waals surface area contributed by atoms with Gasteiger partial charge in [-0.25, -0.2) is 19.2 Å². The van der Waals surface area contributed by atoms with Crippen LogP contribution in [-0.4, -0.2) is 70.3 Å². The van der Waals surface area contributed by atoms with E-state index in [1.807, 2.05) is 0 Å². The first-order valence-corrected chi connectivity index (χ1v) is 16.3. The van der Waals surface area contributed by atoms with E-state index in [9.17, 15) is 23.4 Å². The van der Waals surface area contributed by atoms with Crippen LogP contribution in [0.2, 0.25) is 0 Å². The smallest absolute Gasteiger partial charge is 0.338 e. The van der Waals surface area contributed by atoms with E-state index in [0.717, 1.165) is 0 Å². The van der Waals surface area contributed by atoms with E-state index < -0.39 is 71.1 Å². The summed E-state index contributed by atoms with van der Waals surface area (Å²) < 4.78 is 43.1. The molecule has 11 heteroatoms. The molecule has 1 saturated heterocycles. The molecule has 0 spiro atoms. The van der Waals surface area contributed by atoms with Crippen LogP contribution in [0.3, 0.4) is 0 Å². The van der Waals surface area contributed by atoms with Crippen LogP contribution in [0.25, 0.3) is 0 Å². The van der Waals surface area contributed by atoms with Gasteiger partial charge in [0, 0.05) is 5.75 Å². The summed E-state index contributed by atoms with van der Waals surface area (Å²) >= 11 is 0. The highest BCUT2D eigenvalue weighted by Crippen LogP contribution is 2.32. The molecule has 242 valence electrons. The van der Waals surface area contributed by atoms with Gasteiger partial charge in [0.15, 0.2) is 23.7 Å². The fourth-order valence-electron chi connectivity index (χ4n) is 4.90. The summed E-state index contributed by atoms with van der Waals surface area (Å²) in [6.45, 7) is 1.17. The summed E-state index contributed by atoms with van der Waals surface area (Å²) in [5.41, 5.74) is -0.568. The van der Waals surface area contributed by atoms with Crippen LogP contribution in [0.4, 0.5) is 0 Å². The number of esters is 4. The standard InChI is InChI=1S/C36H32O10S/c1-2-47(41)36-31(46-35(40)27-21-13-6-14-22-27)30(45-34(39)26-19-11-5-12-20-26)29(44-33(38)25-17-9-4-10-18-25)28(43-36)23-42-32(37)24-15-7-3-8-16-24/h3-22,28-31,36H,2,23H2,1H3/t28-,29+,30+,31-,36+,47-/m1/s1.